The molecule has 1 fully saturated rings. The molecule has 0 atom stereocenters. The van der Waals surface area contributed by atoms with Gasteiger partial charge in [-0.05, 0) is 67.6 Å². The lowest BCUT2D eigenvalue weighted by Gasteiger charge is -2.17. The van der Waals surface area contributed by atoms with Gasteiger partial charge in [-0.25, -0.2) is 4.79 Å². The Morgan fingerprint density at radius 2 is 1.79 bits per heavy atom. The number of pyridine rings is 1. The van der Waals surface area contributed by atoms with Crippen LogP contribution in [0.4, 0.5) is 0 Å². The molecule has 3 aromatic rings. The number of nitrogens with zero attached hydrogens (tertiary/aromatic N) is 4. The highest BCUT2D eigenvalue weighted by molar-refractivity contribution is 5.46. The number of aromatic hydroxyl groups is 1. The van der Waals surface area contributed by atoms with Gasteiger partial charge in [-0.1, -0.05) is 25.7 Å². The first kappa shape index (κ1) is 22.5. The van der Waals surface area contributed by atoms with Crippen molar-refractivity contribution < 1.29 is 5.11 Å². The van der Waals surface area contributed by atoms with E-state index in [2.05, 4.69) is 10.1 Å². The average Bonchev–Trinajstić information content (AvgIpc) is 3.07. The molecule has 0 aliphatic heterocycles. The fourth-order valence-electron chi connectivity index (χ4n) is 4.66. The van der Waals surface area contributed by atoms with Crippen LogP contribution in [-0.4, -0.2) is 24.9 Å². The Morgan fingerprint density at radius 3 is 2.42 bits per heavy atom. The van der Waals surface area contributed by atoms with Crippen molar-refractivity contribution in [1.29, 1.82) is 5.26 Å². The lowest BCUT2D eigenvalue weighted by Crippen LogP contribution is -2.33. The van der Waals surface area contributed by atoms with E-state index < -0.39 is 11.2 Å². The summed E-state index contributed by atoms with van der Waals surface area (Å²) < 4.78 is 1.03. The van der Waals surface area contributed by atoms with E-state index in [0.29, 0.717) is 18.0 Å². The standard InChI is InChI=1S/C25H27N5O3/c1-15-11-19(30-25(33)28-24(32)21(14-26)29-30)12-16(2)20(15)13-18-9-10-22(31)23(27-18)17-7-5-3-4-6-8-17/h9-12,17,31H,3-8,13H2,1-2H3,(H,28,32,33). The summed E-state index contributed by atoms with van der Waals surface area (Å²) in [6.07, 6.45) is 7.53. The number of nitrogens with one attached hydrogen (secondary N) is 1. The van der Waals surface area contributed by atoms with Crippen molar-refractivity contribution >= 4 is 0 Å². The molecule has 1 aliphatic rings. The summed E-state index contributed by atoms with van der Waals surface area (Å²) >= 11 is 0. The first-order valence-corrected chi connectivity index (χ1v) is 11.3. The Balaban J connectivity index is 1.67. The molecule has 2 aromatic heterocycles. The molecule has 1 saturated carbocycles. The summed E-state index contributed by atoms with van der Waals surface area (Å²) in [6, 6.07) is 8.92. The highest BCUT2D eigenvalue weighted by Crippen LogP contribution is 2.35. The van der Waals surface area contributed by atoms with E-state index in [9.17, 15) is 14.7 Å². The second-order valence-corrected chi connectivity index (χ2v) is 8.76. The van der Waals surface area contributed by atoms with Crippen molar-refractivity contribution in [3.8, 4) is 17.5 Å². The van der Waals surface area contributed by atoms with Gasteiger partial charge in [0.05, 0.1) is 11.4 Å². The molecule has 2 N–H and O–H groups in total. The molecule has 0 unspecified atom stereocenters. The maximum Gasteiger partial charge on any atom is 0.349 e. The zero-order valence-electron chi connectivity index (χ0n) is 18.9. The minimum Gasteiger partial charge on any atom is -0.506 e. The minimum absolute atomic E-state index is 0.270. The molecule has 0 saturated heterocycles. The van der Waals surface area contributed by atoms with Crippen molar-refractivity contribution in [2.24, 2.45) is 0 Å². The molecular formula is C25H27N5O3. The number of aromatic amines is 1. The fraction of sp³-hybridized carbons (Fsp3) is 0.400. The van der Waals surface area contributed by atoms with Gasteiger partial charge in [0.25, 0.3) is 5.56 Å². The van der Waals surface area contributed by atoms with E-state index in [1.165, 1.54) is 25.7 Å². The molecule has 0 radical (unpaired) electrons. The van der Waals surface area contributed by atoms with Crippen LogP contribution in [0.15, 0.2) is 33.9 Å². The quantitative estimate of drug-likeness (QED) is 0.592. The van der Waals surface area contributed by atoms with Gasteiger partial charge in [-0.15, -0.1) is 5.10 Å². The second kappa shape index (κ2) is 9.41. The second-order valence-electron chi connectivity index (χ2n) is 8.76. The molecule has 0 spiro atoms. The molecule has 1 aliphatic carbocycles. The van der Waals surface area contributed by atoms with E-state index in [0.717, 1.165) is 45.6 Å². The van der Waals surface area contributed by atoms with Crippen LogP contribution in [-0.2, 0) is 6.42 Å². The number of H-pyrrole nitrogens is 1. The van der Waals surface area contributed by atoms with Crippen LogP contribution in [0.5, 0.6) is 5.75 Å². The van der Waals surface area contributed by atoms with Crippen LogP contribution in [0, 0.1) is 25.2 Å². The molecule has 1 aromatic carbocycles. The summed E-state index contributed by atoms with van der Waals surface area (Å²) in [5.74, 6) is 0.566. The Labute approximate surface area is 191 Å². The van der Waals surface area contributed by atoms with E-state index in [1.54, 1.807) is 12.1 Å². The average molecular weight is 446 g/mol. The van der Waals surface area contributed by atoms with E-state index in [-0.39, 0.29) is 11.4 Å². The van der Waals surface area contributed by atoms with Gasteiger partial charge in [-0.3, -0.25) is 14.8 Å². The summed E-state index contributed by atoms with van der Waals surface area (Å²) in [4.78, 5) is 30.9. The Hall–Kier alpha value is -3.73. The first-order valence-electron chi connectivity index (χ1n) is 11.3. The summed E-state index contributed by atoms with van der Waals surface area (Å²) in [5.41, 5.74) is 3.25. The van der Waals surface area contributed by atoms with Gasteiger partial charge in [0.15, 0.2) is 0 Å². The topological polar surface area (TPSA) is 125 Å². The van der Waals surface area contributed by atoms with Gasteiger partial charge in [0.2, 0.25) is 5.69 Å². The monoisotopic (exact) mass is 445 g/mol. The molecule has 33 heavy (non-hydrogen) atoms. The number of aryl methyl sites for hydroxylation is 2. The predicted octanol–water partition coefficient (Wildman–Crippen LogP) is 3.54. The maximum atomic E-state index is 12.3. The SMILES string of the molecule is Cc1cc(-n2nc(C#N)c(=O)[nH]c2=O)cc(C)c1Cc1ccc(O)c(C2CCCCCC2)n1. The lowest BCUT2D eigenvalue weighted by atomic mass is 9.94. The van der Waals surface area contributed by atoms with Gasteiger partial charge in [0.1, 0.15) is 11.8 Å². The van der Waals surface area contributed by atoms with Crippen LogP contribution in [0.3, 0.4) is 0 Å². The highest BCUT2D eigenvalue weighted by atomic mass is 16.3. The predicted molar refractivity (Wildman–Crippen MR) is 124 cm³/mol. The lowest BCUT2D eigenvalue weighted by molar-refractivity contribution is 0.445. The number of aromatic nitrogens is 4. The van der Waals surface area contributed by atoms with Gasteiger partial charge in [0, 0.05) is 18.0 Å². The smallest absolute Gasteiger partial charge is 0.349 e. The van der Waals surface area contributed by atoms with Crippen LogP contribution >= 0.6 is 0 Å². The zero-order chi connectivity index (χ0) is 23.5. The molecule has 8 nitrogen and oxygen atoms in total. The van der Waals surface area contributed by atoms with Crippen molar-refractivity contribution in [2.45, 2.75) is 64.7 Å². The van der Waals surface area contributed by atoms with E-state index >= 15 is 0 Å². The van der Waals surface area contributed by atoms with E-state index in [4.69, 9.17) is 10.2 Å². The number of hydrogen-bond donors (Lipinski definition) is 2. The van der Waals surface area contributed by atoms with Crippen LogP contribution < -0.4 is 11.2 Å². The third-order valence-electron chi connectivity index (χ3n) is 6.42. The molecular weight excluding hydrogens is 418 g/mol. The van der Waals surface area contributed by atoms with Gasteiger partial charge < -0.3 is 5.11 Å². The van der Waals surface area contributed by atoms with Crippen LogP contribution in [0.2, 0.25) is 0 Å². The number of benzene rings is 1. The Kier molecular flexibility index (Phi) is 6.40. The normalized spacial score (nSPS) is 14.6. The molecule has 4 rings (SSSR count). The molecule has 8 heteroatoms. The molecule has 170 valence electrons. The van der Waals surface area contributed by atoms with Crippen LogP contribution in [0.1, 0.15) is 78.2 Å². The van der Waals surface area contributed by atoms with E-state index in [1.807, 2.05) is 32.0 Å². The van der Waals surface area contributed by atoms with Gasteiger partial charge in [-0.2, -0.15) is 9.94 Å². The highest BCUT2D eigenvalue weighted by Gasteiger charge is 2.20. The Morgan fingerprint density at radius 1 is 1.12 bits per heavy atom. The third-order valence-corrected chi connectivity index (χ3v) is 6.42. The fourth-order valence-corrected chi connectivity index (χ4v) is 4.66. The number of nitriles is 1. The number of rotatable bonds is 4. The summed E-state index contributed by atoms with van der Waals surface area (Å²) in [7, 11) is 0. The van der Waals surface area contributed by atoms with Crippen molar-refractivity contribution in [3.05, 3.63) is 78.9 Å². The molecule has 2 heterocycles. The maximum absolute atomic E-state index is 12.3. The summed E-state index contributed by atoms with van der Waals surface area (Å²) in [5, 5.41) is 23.4. The van der Waals surface area contributed by atoms with Crippen molar-refractivity contribution in [1.82, 2.24) is 19.7 Å². The third kappa shape index (κ3) is 4.72. The van der Waals surface area contributed by atoms with Crippen molar-refractivity contribution in [2.75, 3.05) is 0 Å². The first-order chi connectivity index (χ1) is 15.9. The number of hydrogen-bond acceptors (Lipinski definition) is 6. The largest absolute Gasteiger partial charge is 0.506 e. The van der Waals surface area contributed by atoms with Gasteiger partial charge >= 0.3 is 5.69 Å². The molecule has 0 bridgehead atoms. The summed E-state index contributed by atoms with van der Waals surface area (Å²) in [6.45, 7) is 3.89. The Bertz CT molecular complexity index is 1320. The van der Waals surface area contributed by atoms with Crippen molar-refractivity contribution in [3.63, 3.8) is 0 Å². The molecule has 0 amide bonds. The zero-order valence-corrected chi connectivity index (χ0v) is 18.9. The van der Waals surface area contributed by atoms with Crippen LogP contribution in [0.25, 0.3) is 5.69 Å². The minimum atomic E-state index is -0.799.